The van der Waals surface area contributed by atoms with E-state index in [0.717, 1.165) is 17.0 Å². The number of nitrogens with zero attached hydrogens (tertiary/aromatic N) is 3. The fraction of sp³-hybridized carbons (Fsp3) is 0.333. The molecule has 1 aromatic heterocycles. The topological polar surface area (TPSA) is 50.8 Å². The summed E-state index contributed by atoms with van der Waals surface area (Å²) in [7, 11) is 0. The SMILES string of the molecule is CCOc1ccc(-c2ccnn2C(C)C)c(C#N)c1. The van der Waals surface area contributed by atoms with Crippen LogP contribution in [0.1, 0.15) is 32.4 Å². The van der Waals surface area contributed by atoms with Gasteiger partial charge in [0.25, 0.3) is 0 Å². The van der Waals surface area contributed by atoms with E-state index in [2.05, 4.69) is 25.0 Å². The van der Waals surface area contributed by atoms with Crippen LogP contribution in [0.3, 0.4) is 0 Å². The molecular formula is C15H17N3O. The molecule has 0 N–H and O–H groups in total. The zero-order valence-corrected chi connectivity index (χ0v) is 11.4. The molecule has 0 fully saturated rings. The molecule has 0 unspecified atom stereocenters. The summed E-state index contributed by atoms with van der Waals surface area (Å²) in [4.78, 5) is 0. The van der Waals surface area contributed by atoms with Crippen LogP contribution in [0, 0.1) is 11.3 Å². The Balaban J connectivity index is 2.50. The number of aromatic nitrogens is 2. The minimum atomic E-state index is 0.253. The Labute approximate surface area is 113 Å². The largest absolute Gasteiger partial charge is 0.494 e. The maximum Gasteiger partial charge on any atom is 0.120 e. The Morgan fingerprint density at radius 2 is 2.16 bits per heavy atom. The Morgan fingerprint density at radius 1 is 1.37 bits per heavy atom. The van der Waals surface area contributed by atoms with Gasteiger partial charge >= 0.3 is 0 Å². The molecule has 19 heavy (non-hydrogen) atoms. The minimum absolute atomic E-state index is 0.253. The number of hydrogen-bond donors (Lipinski definition) is 0. The monoisotopic (exact) mass is 255 g/mol. The van der Waals surface area contributed by atoms with E-state index in [1.165, 1.54) is 0 Å². The zero-order chi connectivity index (χ0) is 13.8. The number of hydrogen-bond acceptors (Lipinski definition) is 3. The van der Waals surface area contributed by atoms with Crippen molar-refractivity contribution in [3.05, 3.63) is 36.0 Å². The predicted octanol–water partition coefficient (Wildman–Crippen LogP) is 3.40. The van der Waals surface area contributed by atoms with Crippen molar-refractivity contribution < 1.29 is 4.74 Å². The van der Waals surface area contributed by atoms with Crippen LogP contribution in [-0.2, 0) is 0 Å². The number of benzene rings is 1. The summed E-state index contributed by atoms with van der Waals surface area (Å²) in [5, 5.41) is 13.6. The lowest BCUT2D eigenvalue weighted by Crippen LogP contribution is -2.05. The van der Waals surface area contributed by atoms with Gasteiger partial charge in [-0.3, -0.25) is 4.68 Å². The molecule has 0 radical (unpaired) electrons. The molecule has 0 saturated carbocycles. The van der Waals surface area contributed by atoms with Crippen LogP contribution in [0.4, 0.5) is 0 Å². The van der Waals surface area contributed by atoms with Crippen LogP contribution in [0.15, 0.2) is 30.5 Å². The quantitative estimate of drug-likeness (QED) is 0.841. The van der Waals surface area contributed by atoms with E-state index < -0.39 is 0 Å². The second kappa shape index (κ2) is 5.57. The summed E-state index contributed by atoms with van der Waals surface area (Å²) >= 11 is 0. The molecule has 2 aromatic rings. The maximum atomic E-state index is 9.30. The van der Waals surface area contributed by atoms with Crippen molar-refractivity contribution in [1.29, 1.82) is 5.26 Å². The Kier molecular flexibility index (Phi) is 3.86. The van der Waals surface area contributed by atoms with E-state index in [0.29, 0.717) is 12.2 Å². The highest BCUT2D eigenvalue weighted by molar-refractivity contribution is 5.69. The molecule has 0 aliphatic carbocycles. The molecule has 98 valence electrons. The minimum Gasteiger partial charge on any atom is -0.494 e. The number of rotatable bonds is 4. The van der Waals surface area contributed by atoms with Gasteiger partial charge in [-0.25, -0.2) is 0 Å². The average Bonchev–Trinajstić information content (AvgIpc) is 2.88. The molecule has 1 heterocycles. The maximum absolute atomic E-state index is 9.30. The summed E-state index contributed by atoms with van der Waals surface area (Å²) in [6.07, 6.45) is 1.76. The smallest absolute Gasteiger partial charge is 0.120 e. The predicted molar refractivity (Wildman–Crippen MR) is 73.9 cm³/mol. The van der Waals surface area contributed by atoms with Gasteiger partial charge in [0, 0.05) is 17.8 Å². The van der Waals surface area contributed by atoms with E-state index in [9.17, 15) is 5.26 Å². The van der Waals surface area contributed by atoms with Gasteiger partial charge in [0.2, 0.25) is 0 Å². The number of ether oxygens (including phenoxy) is 1. The summed E-state index contributed by atoms with van der Waals surface area (Å²) in [5.74, 6) is 0.721. The van der Waals surface area contributed by atoms with E-state index in [-0.39, 0.29) is 6.04 Å². The van der Waals surface area contributed by atoms with Crippen LogP contribution in [0.25, 0.3) is 11.3 Å². The fourth-order valence-electron chi connectivity index (χ4n) is 2.03. The number of nitriles is 1. The van der Waals surface area contributed by atoms with Gasteiger partial charge in [-0.1, -0.05) is 0 Å². The van der Waals surface area contributed by atoms with E-state index in [1.54, 1.807) is 12.3 Å². The fourth-order valence-corrected chi connectivity index (χ4v) is 2.03. The highest BCUT2D eigenvalue weighted by Crippen LogP contribution is 2.28. The van der Waals surface area contributed by atoms with Gasteiger partial charge in [0.1, 0.15) is 5.75 Å². The molecule has 0 saturated heterocycles. The molecule has 0 atom stereocenters. The van der Waals surface area contributed by atoms with Gasteiger partial charge in [0.05, 0.1) is 23.9 Å². The summed E-state index contributed by atoms with van der Waals surface area (Å²) in [6.45, 7) is 6.65. The first kappa shape index (κ1) is 13.2. The lowest BCUT2D eigenvalue weighted by molar-refractivity contribution is 0.340. The molecule has 0 aliphatic heterocycles. The van der Waals surface area contributed by atoms with Crippen LogP contribution in [0.5, 0.6) is 5.75 Å². The molecule has 1 aromatic carbocycles. The van der Waals surface area contributed by atoms with Gasteiger partial charge in [0.15, 0.2) is 0 Å². The Hall–Kier alpha value is -2.28. The highest BCUT2D eigenvalue weighted by atomic mass is 16.5. The third-order valence-corrected chi connectivity index (χ3v) is 2.86. The first-order chi connectivity index (χ1) is 9.17. The lowest BCUT2D eigenvalue weighted by Gasteiger charge is -2.13. The molecule has 2 rings (SSSR count). The molecule has 0 aliphatic rings. The molecule has 4 nitrogen and oxygen atoms in total. The third kappa shape index (κ3) is 2.60. The standard InChI is InChI=1S/C15H17N3O/c1-4-19-13-5-6-14(12(9-13)10-16)15-7-8-17-18(15)11(2)3/h5-9,11H,4H2,1-3H3. The first-order valence-corrected chi connectivity index (χ1v) is 6.38. The lowest BCUT2D eigenvalue weighted by atomic mass is 10.0. The van der Waals surface area contributed by atoms with Crippen molar-refractivity contribution in [2.24, 2.45) is 0 Å². The van der Waals surface area contributed by atoms with Crippen LogP contribution < -0.4 is 4.74 Å². The molecule has 0 spiro atoms. The zero-order valence-electron chi connectivity index (χ0n) is 11.4. The van der Waals surface area contributed by atoms with E-state index in [1.807, 2.05) is 29.8 Å². The van der Waals surface area contributed by atoms with Crippen molar-refractivity contribution in [2.45, 2.75) is 26.8 Å². The van der Waals surface area contributed by atoms with Crippen molar-refractivity contribution in [3.8, 4) is 23.1 Å². The summed E-state index contributed by atoms with van der Waals surface area (Å²) in [5.41, 5.74) is 2.44. The second-order valence-corrected chi connectivity index (χ2v) is 4.51. The van der Waals surface area contributed by atoms with Crippen molar-refractivity contribution in [1.82, 2.24) is 9.78 Å². The van der Waals surface area contributed by atoms with Gasteiger partial charge in [-0.2, -0.15) is 10.4 Å². The van der Waals surface area contributed by atoms with Crippen molar-refractivity contribution in [3.63, 3.8) is 0 Å². The first-order valence-electron chi connectivity index (χ1n) is 6.38. The Morgan fingerprint density at radius 3 is 2.79 bits per heavy atom. The normalized spacial score (nSPS) is 10.5. The third-order valence-electron chi connectivity index (χ3n) is 2.86. The molecule has 0 bridgehead atoms. The van der Waals surface area contributed by atoms with Crippen LogP contribution >= 0.6 is 0 Å². The van der Waals surface area contributed by atoms with Gasteiger partial charge < -0.3 is 4.74 Å². The van der Waals surface area contributed by atoms with Crippen molar-refractivity contribution in [2.75, 3.05) is 6.61 Å². The molecule has 0 amide bonds. The molecular weight excluding hydrogens is 238 g/mol. The average molecular weight is 255 g/mol. The van der Waals surface area contributed by atoms with Crippen molar-refractivity contribution >= 4 is 0 Å². The summed E-state index contributed by atoms with van der Waals surface area (Å²) in [6, 6.07) is 9.98. The second-order valence-electron chi connectivity index (χ2n) is 4.51. The van der Waals surface area contributed by atoms with E-state index >= 15 is 0 Å². The van der Waals surface area contributed by atoms with Gasteiger partial charge in [-0.05, 0) is 45.0 Å². The van der Waals surface area contributed by atoms with Crippen LogP contribution in [-0.4, -0.2) is 16.4 Å². The Bertz CT molecular complexity index is 608. The highest BCUT2D eigenvalue weighted by Gasteiger charge is 2.13. The van der Waals surface area contributed by atoms with E-state index in [4.69, 9.17) is 4.74 Å². The van der Waals surface area contributed by atoms with Gasteiger partial charge in [-0.15, -0.1) is 0 Å². The summed E-state index contributed by atoms with van der Waals surface area (Å²) < 4.78 is 7.34. The molecule has 4 heteroatoms. The van der Waals surface area contributed by atoms with Crippen LogP contribution in [0.2, 0.25) is 0 Å².